The molecule has 0 bridgehead atoms. The van der Waals surface area contributed by atoms with Gasteiger partial charge in [-0.25, -0.2) is 9.97 Å². The van der Waals surface area contributed by atoms with Crippen LogP contribution in [-0.2, 0) is 16.8 Å². The molecule has 0 radical (unpaired) electrons. The van der Waals surface area contributed by atoms with Gasteiger partial charge in [-0.1, -0.05) is 0 Å². The molecule has 1 N–H and O–H groups in total. The quantitative estimate of drug-likeness (QED) is 0.869. The van der Waals surface area contributed by atoms with Crippen LogP contribution in [0.25, 0.3) is 0 Å². The second-order valence-corrected chi connectivity index (χ2v) is 5.51. The molecular weight excluding hydrogens is 226 g/mol. The van der Waals surface area contributed by atoms with Crippen molar-refractivity contribution in [3.05, 3.63) is 23.3 Å². The molecule has 1 aliphatic heterocycles. The summed E-state index contributed by atoms with van der Waals surface area (Å²) >= 11 is 0. The third-order valence-electron chi connectivity index (χ3n) is 4.22. The topological polar surface area (TPSA) is 47.0 Å². The van der Waals surface area contributed by atoms with Gasteiger partial charge in [0, 0.05) is 30.1 Å². The molecule has 1 saturated heterocycles. The van der Waals surface area contributed by atoms with Crippen LogP contribution in [0.5, 0.6) is 0 Å². The lowest BCUT2D eigenvalue weighted by Crippen LogP contribution is -2.27. The van der Waals surface area contributed by atoms with Crippen molar-refractivity contribution < 1.29 is 4.74 Å². The van der Waals surface area contributed by atoms with Crippen LogP contribution in [0.1, 0.15) is 55.7 Å². The van der Waals surface area contributed by atoms with E-state index in [1.165, 1.54) is 24.1 Å². The Bertz CT molecular complexity index is 441. The van der Waals surface area contributed by atoms with Gasteiger partial charge >= 0.3 is 0 Å². The molecule has 0 saturated carbocycles. The van der Waals surface area contributed by atoms with Gasteiger partial charge in [0.25, 0.3) is 0 Å². The lowest BCUT2D eigenvalue weighted by molar-refractivity contribution is 0.00902. The Hall–Kier alpha value is -1.00. The van der Waals surface area contributed by atoms with Crippen LogP contribution in [0, 0.1) is 0 Å². The maximum Gasteiger partial charge on any atom is 0.160 e. The van der Waals surface area contributed by atoms with Crippen molar-refractivity contribution in [2.24, 2.45) is 0 Å². The molecule has 2 atom stereocenters. The summed E-state index contributed by atoms with van der Waals surface area (Å²) in [6, 6.07) is 0.417. The Morgan fingerprint density at radius 3 is 3.06 bits per heavy atom. The van der Waals surface area contributed by atoms with E-state index in [9.17, 15) is 0 Å². The molecule has 1 fully saturated rings. The van der Waals surface area contributed by atoms with E-state index in [1.807, 2.05) is 13.2 Å². The van der Waals surface area contributed by atoms with Crippen molar-refractivity contribution in [2.45, 2.75) is 50.7 Å². The lowest BCUT2D eigenvalue weighted by atomic mass is 9.92. The first-order valence-corrected chi connectivity index (χ1v) is 6.90. The summed E-state index contributed by atoms with van der Waals surface area (Å²) in [5.41, 5.74) is 2.22. The van der Waals surface area contributed by atoms with Crippen LogP contribution in [-0.4, -0.2) is 23.6 Å². The molecular formula is C14H21N3O. The van der Waals surface area contributed by atoms with Gasteiger partial charge in [-0.05, 0) is 46.1 Å². The van der Waals surface area contributed by atoms with Crippen LogP contribution < -0.4 is 5.32 Å². The summed E-state index contributed by atoms with van der Waals surface area (Å²) < 4.78 is 5.83. The highest BCUT2D eigenvalue weighted by Gasteiger charge is 2.35. The van der Waals surface area contributed by atoms with E-state index in [0.717, 1.165) is 31.7 Å². The first-order chi connectivity index (χ1) is 8.73. The van der Waals surface area contributed by atoms with Crippen LogP contribution in [0.3, 0.4) is 0 Å². The van der Waals surface area contributed by atoms with E-state index >= 15 is 0 Å². The maximum absolute atomic E-state index is 5.83. The average Bonchev–Trinajstić information content (AvgIpc) is 2.85. The molecule has 2 heterocycles. The summed E-state index contributed by atoms with van der Waals surface area (Å²) in [7, 11) is 2.01. The molecule has 4 nitrogen and oxygen atoms in total. The number of aromatic nitrogens is 2. The molecule has 0 amide bonds. The monoisotopic (exact) mass is 247 g/mol. The van der Waals surface area contributed by atoms with E-state index in [4.69, 9.17) is 9.72 Å². The number of ether oxygens (including phenoxy) is 1. The second-order valence-electron chi connectivity index (χ2n) is 5.51. The molecule has 2 unspecified atom stereocenters. The Morgan fingerprint density at radius 2 is 2.33 bits per heavy atom. The van der Waals surface area contributed by atoms with Gasteiger partial charge in [0.05, 0.1) is 0 Å². The predicted molar refractivity (Wildman–Crippen MR) is 69.3 cm³/mol. The first-order valence-electron chi connectivity index (χ1n) is 6.90. The van der Waals surface area contributed by atoms with Crippen molar-refractivity contribution in [3.8, 4) is 0 Å². The van der Waals surface area contributed by atoms with Crippen molar-refractivity contribution in [2.75, 3.05) is 13.7 Å². The molecule has 3 rings (SSSR count). The molecule has 1 aliphatic carbocycles. The van der Waals surface area contributed by atoms with Gasteiger partial charge in [-0.15, -0.1) is 0 Å². The average molecular weight is 247 g/mol. The Kier molecular flexibility index (Phi) is 3.08. The number of nitrogens with zero attached hydrogens (tertiary/aromatic N) is 2. The number of hydrogen-bond acceptors (Lipinski definition) is 4. The Morgan fingerprint density at radius 1 is 1.44 bits per heavy atom. The highest BCUT2D eigenvalue weighted by molar-refractivity contribution is 5.25. The van der Waals surface area contributed by atoms with E-state index < -0.39 is 0 Å². The fraction of sp³-hybridized carbons (Fsp3) is 0.714. The minimum Gasteiger partial charge on any atom is -0.367 e. The zero-order valence-corrected chi connectivity index (χ0v) is 11.2. The van der Waals surface area contributed by atoms with Crippen molar-refractivity contribution in [1.82, 2.24) is 15.3 Å². The number of fused-ring (bicyclic) bond motifs is 1. The van der Waals surface area contributed by atoms with Gasteiger partial charge in [-0.2, -0.15) is 0 Å². The Labute approximate surface area is 108 Å². The summed E-state index contributed by atoms with van der Waals surface area (Å²) in [4.78, 5) is 9.36. The third-order valence-corrected chi connectivity index (χ3v) is 4.22. The van der Waals surface area contributed by atoms with Gasteiger partial charge in [-0.3, -0.25) is 0 Å². The van der Waals surface area contributed by atoms with E-state index in [1.54, 1.807) is 0 Å². The van der Waals surface area contributed by atoms with Crippen molar-refractivity contribution in [1.29, 1.82) is 0 Å². The number of hydrogen-bond donors (Lipinski definition) is 1. The summed E-state index contributed by atoms with van der Waals surface area (Å²) in [6.07, 6.45) is 7.59. The van der Waals surface area contributed by atoms with Crippen LogP contribution >= 0.6 is 0 Å². The highest BCUT2D eigenvalue weighted by Crippen LogP contribution is 2.35. The fourth-order valence-electron chi connectivity index (χ4n) is 3.06. The number of nitrogens with one attached hydrogen (secondary N) is 1. The van der Waals surface area contributed by atoms with Crippen molar-refractivity contribution in [3.63, 3.8) is 0 Å². The fourth-order valence-corrected chi connectivity index (χ4v) is 3.06. The maximum atomic E-state index is 5.83. The minimum absolute atomic E-state index is 0.262. The smallest absolute Gasteiger partial charge is 0.160 e. The van der Waals surface area contributed by atoms with Gasteiger partial charge < -0.3 is 10.1 Å². The molecule has 98 valence electrons. The second kappa shape index (κ2) is 4.59. The molecule has 18 heavy (non-hydrogen) atoms. The minimum atomic E-state index is -0.262. The zero-order valence-electron chi connectivity index (χ0n) is 11.2. The standard InChI is InChI=1S/C14H21N3O/c1-14(7-4-8-18-14)13-16-9-10-11(15-2)5-3-6-12(10)17-13/h9,11,15H,3-8H2,1-2H3. The molecule has 2 aliphatic rings. The van der Waals surface area contributed by atoms with E-state index in [0.29, 0.717) is 6.04 Å². The van der Waals surface area contributed by atoms with Crippen LogP contribution in [0.15, 0.2) is 6.20 Å². The Balaban J connectivity index is 1.95. The van der Waals surface area contributed by atoms with E-state index in [2.05, 4.69) is 17.2 Å². The van der Waals surface area contributed by atoms with Gasteiger partial charge in [0.2, 0.25) is 0 Å². The summed E-state index contributed by atoms with van der Waals surface area (Å²) in [6.45, 7) is 2.94. The van der Waals surface area contributed by atoms with Crippen LogP contribution in [0.4, 0.5) is 0 Å². The predicted octanol–water partition coefficient (Wildman–Crippen LogP) is 2.10. The third kappa shape index (κ3) is 1.93. The number of aryl methyl sites for hydroxylation is 1. The molecule has 1 aromatic heterocycles. The normalized spacial score (nSPS) is 31.3. The van der Waals surface area contributed by atoms with E-state index in [-0.39, 0.29) is 5.60 Å². The van der Waals surface area contributed by atoms with Gasteiger partial charge in [0.15, 0.2) is 5.82 Å². The summed E-state index contributed by atoms with van der Waals surface area (Å²) in [5, 5.41) is 3.35. The molecule has 0 aromatic carbocycles. The SMILES string of the molecule is CNC1CCCc2nc(C3(C)CCCO3)ncc21. The first kappa shape index (κ1) is 12.1. The van der Waals surface area contributed by atoms with Gasteiger partial charge in [0.1, 0.15) is 5.60 Å². The lowest BCUT2D eigenvalue weighted by Gasteiger charge is -2.27. The largest absolute Gasteiger partial charge is 0.367 e. The summed E-state index contributed by atoms with van der Waals surface area (Å²) in [5.74, 6) is 0.871. The number of rotatable bonds is 2. The van der Waals surface area contributed by atoms with Crippen LogP contribution in [0.2, 0.25) is 0 Å². The molecule has 1 aromatic rings. The zero-order chi connectivity index (χ0) is 12.6. The highest BCUT2D eigenvalue weighted by atomic mass is 16.5. The van der Waals surface area contributed by atoms with Crippen molar-refractivity contribution >= 4 is 0 Å². The molecule has 4 heteroatoms. The molecule has 0 spiro atoms.